The molecule has 6 nitrogen and oxygen atoms in total. The third kappa shape index (κ3) is 5.17. The molecule has 3 fully saturated rings. The van der Waals surface area contributed by atoms with E-state index in [1.807, 2.05) is 43.3 Å². The number of carbonyl (C=O) groups excluding carboxylic acids is 1. The van der Waals surface area contributed by atoms with Crippen molar-refractivity contribution in [2.24, 2.45) is 10.8 Å². The molecule has 1 amide bonds. The van der Waals surface area contributed by atoms with E-state index in [1.54, 1.807) is 0 Å². The molecule has 41 heavy (non-hydrogen) atoms. The average Bonchev–Trinajstić information content (AvgIpc) is 3.78. The Morgan fingerprint density at radius 3 is 2.00 bits per heavy atom. The molecule has 0 saturated heterocycles. The van der Waals surface area contributed by atoms with Gasteiger partial charge >= 0.3 is 12.4 Å². The number of anilines is 2. The number of benzene rings is 2. The summed E-state index contributed by atoms with van der Waals surface area (Å²) in [6.45, 7) is 0. The van der Waals surface area contributed by atoms with Crippen LogP contribution in [0.2, 0.25) is 0 Å². The first-order valence-corrected chi connectivity index (χ1v) is 13.5. The summed E-state index contributed by atoms with van der Waals surface area (Å²) in [6.07, 6.45) is -4.90. The second-order valence-electron chi connectivity index (χ2n) is 11.9. The van der Waals surface area contributed by atoms with Crippen molar-refractivity contribution in [3.63, 3.8) is 0 Å². The maximum absolute atomic E-state index is 13.2. The van der Waals surface area contributed by atoms with Crippen LogP contribution in [-0.4, -0.2) is 42.1 Å². The molecule has 6 rings (SSSR count). The van der Waals surface area contributed by atoms with E-state index >= 15 is 0 Å². The van der Waals surface area contributed by atoms with Gasteiger partial charge < -0.3 is 15.5 Å². The summed E-state index contributed by atoms with van der Waals surface area (Å²) in [6, 6.07) is 8.76. The number of carbonyl (C=O) groups is 1. The van der Waals surface area contributed by atoms with Gasteiger partial charge in [0.2, 0.25) is 5.95 Å². The smallest absolute Gasteiger partial charge is 0.362 e. The molecule has 3 aromatic rings. The van der Waals surface area contributed by atoms with Crippen molar-refractivity contribution in [1.29, 1.82) is 0 Å². The predicted molar refractivity (Wildman–Crippen MR) is 142 cm³/mol. The van der Waals surface area contributed by atoms with E-state index in [2.05, 4.69) is 10.6 Å². The van der Waals surface area contributed by atoms with Gasteiger partial charge in [0.05, 0.1) is 16.6 Å². The number of para-hydroxylation sites is 1. The van der Waals surface area contributed by atoms with Crippen molar-refractivity contribution in [3.8, 4) is 0 Å². The standard InChI is InChI=1S/C29H29F6N5O/c1-40(2)23-19-5-3-4-6-20(19)36-25(39-23)38-22-15-27(22)9-7-26(8-10-27)14-21(26)37-24(41)16-11-17(28(30,31)32)13-18(12-16)29(33,34)35/h3-6,11-13,21-22H,7-10,14-15H2,1-2H3,(H,37,41)(H,36,38,39)/t21-,22?,26?,27?/m1/s1. The van der Waals surface area contributed by atoms with Crippen molar-refractivity contribution in [3.05, 3.63) is 59.2 Å². The topological polar surface area (TPSA) is 70.2 Å². The quantitative estimate of drug-likeness (QED) is 0.332. The Balaban J connectivity index is 1.09. The number of alkyl halides is 6. The van der Waals surface area contributed by atoms with Gasteiger partial charge in [-0.25, -0.2) is 4.98 Å². The number of nitrogens with one attached hydrogen (secondary N) is 2. The van der Waals surface area contributed by atoms with Crippen molar-refractivity contribution in [2.45, 2.75) is 63.0 Å². The zero-order valence-electron chi connectivity index (χ0n) is 22.5. The maximum Gasteiger partial charge on any atom is 0.416 e. The minimum atomic E-state index is -5.00. The Morgan fingerprint density at radius 2 is 1.41 bits per heavy atom. The molecule has 0 bridgehead atoms. The Morgan fingerprint density at radius 1 is 0.854 bits per heavy atom. The van der Waals surface area contributed by atoms with E-state index in [-0.39, 0.29) is 29.0 Å². The highest BCUT2D eigenvalue weighted by Crippen LogP contribution is 2.67. The minimum Gasteiger partial charge on any atom is -0.362 e. The first-order chi connectivity index (χ1) is 19.2. The third-order valence-electron chi connectivity index (χ3n) is 9.09. The average molecular weight is 578 g/mol. The molecule has 0 radical (unpaired) electrons. The molecule has 12 heteroatoms. The van der Waals surface area contributed by atoms with Crippen LogP contribution in [0.5, 0.6) is 0 Å². The molecule has 3 aliphatic carbocycles. The van der Waals surface area contributed by atoms with Crippen LogP contribution in [0, 0.1) is 10.8 Å². The fourth-order valence-electron chi connectivity index (χ4n) is 6.40. The molecule has 2 aromatic carbocycles. The van der Waals surface area contributed by atoms with Crippen LogP contribution in [0.1, 0.15) is 60.0 Å². The fraction of sp³-hybridized carbons (Fsp3) is 0.483. The van der Waals surface area contributed by atoms with Crippen LogP contribution in [0.3, 0.4) is 0 Å². The monoisotopic (exact) mass is 577 g/mol. The lowest BCUT2D eigenvalue weighted by atomic mass is 9.76. The highest BCUT2D eigenvalue weighted by Gasteiger charge is 2.64. The largest absolute Gasteiger partial charge is 0.416 e. The van der Waals surface area contributed by atoms with E-state index in [9.17, 15) is 31.1 Å². The molecule has 2 spiro atoms. The fourth-order valence-corrected chi connectivity index (χ4v) is 6.40. The lowest BCUT2D eigenvalue weighted by molar-refractivity contribution is -0.143. The molecule has 1 aromatic heterocycles. The molecule has 2 atom stereocenters. The van der Waals surface area contributed by atoms with Gasteiger partial charge in [-0.2, -0.15) is 31.3 Å². The zero-order chi connectivity index (χ0) is 29.4. The lowest BCUT2D eigenvalue weighted by Gasteiger charge is -2.30. The number of fused-ring (bicyclic) bond motifs is 1. The van der Waals surface area contributed by atoms with Gasteiger partial charge in [0.1, 0.15) is 5.82 Å². The predicted octanol–water partition coefficient (Wildman–Crippen LogP) is 6.67. The Labute approximate surface area is 232 Å². The summed E-state index contributed by atoms with van der Waals surface area (Å²) in [7, 11) is 3.87. The summed E-state index contributed by atoms with van der Waals surface area (Å²) in [5, 5.41) is 7.18. The van der Waals surface area contributed by atoms with Crippen molar-refractivity contribution < 1.29 is 31.1 Å². The molecular formula is C29H29F6N5O. The summed E-state index contributed by atoms with van der Waals surface area (Å²) in [5.74, 6) is 0.486. The van der Waals surface area contributed by atoms with Gasteiger partial charge in [-0.15, -0.1) is 0 Å². The Kier molecular flexibility index (Phi) is 6.20. The molecule has 2 N–H and O–H groups in total. The summed E-state index contributed by atoms with van der Waals surface area (Å²) >= 11 is 0. The number of nitrogens with zero attached hydrogens (tertiary/aromatic N) is 3. The number of rotatable bonds is 5. The van der Waals surface area contributed by atoms with Crippen molar-refractivity contribution in [1.82, 2.24) is 15.3 Å². The van der Waals surface area contributed by atoms with E-state index in [4.69, 9.17) is 9.97 Å². The van der Waals surface area contributed by atoms with Crippen molar-refractivity contribution in [2.75, 3.05) is 24.3 Å². The van der Waals surface area contributed by atoms with Gasteiger partial charge in [0, 0.05) is 37.1 Å². The van der Waals surface area contributed by atoms with Crippen LogP contribution >= 0.6 is 0 Å². The number of hydrogen-bond acceptors (Lipinski definition) is 5. The molecule has 0 aliphatic heterocycles. The SMILES string of the molecule is CN(C)c1nc(NC2CC23CCC2(CC3)C[C@H]2NC(=O)c2cc(C(F)(F)F)cc(C(F)(F)F)c2)nc2ccccc12. The maximum atomic E-state index is 13.2. The van der Waals surface area contributed by atoms with E-state index < -0.39 is 35.0 Å². The molecule has 1 heterocycles. The first kappa shape index (κ1) is 27.6. The normalized spacial score (nSPS) is 27.2. The van der Waals surface area contributed by atoms with Gasteiger partial charge in [0.15, 0.2) is 0 Å². The number of aromatic nitrogens is 2. The molecular weight excluding hydrogens is 548 g/mol. The molecule has 218 valence electrons. The van der Waals surface area contributed by atoms with Crippen molar-refractivity contribution >= 4 is 28.6 Å². The van der Waals surface area contributed by atoms with Crippen LogP contribution in [0.4, 0.5) is 38.1 Å². The van der Waals surface area contributed by atoms with Gasteiger partial charge in [-0.05, 0) is 79.7 Å². The summed E-state index contributed by atoms with van der Waals surface area (Å²) in [5.41, 5.74) is -2.85. The molecule has 3 saturated carbocycles. The number of halogens is 6. The van der Waals surface area contributed by atoms with Crippen LogP contribution < -0.4 is 15.5 Å². The number of amides is 1. The highest BCUT2D eigenvalue weighted by molar-refractivity contribution is 5.95. The first-order valence-electron chi connectivity index (χ1n) is 13.5. The molecule has 1 unspecified atom stereocenters. The summed E-state index contributed by atoms with van der Waals surface area (Å²) in [4.78, 5) is 24.1. The van der Waals surface area contributed by atoms with Crippen LogP contribution in [-0.2, 0) is 12.4 Å². The highest BCUT2D eigenvalue weighted by atomic mass is 19.4. The minimum absolute atomic E-state index is 0.0281. The molecule has 3 aliphatic rings. The Bertz CT molecular complexity index is 1480. The second kappa shape index (κ2) is 9.22. The number of hydrogen-bond donors (Lipinski definition) is 2. The zero-order valence-corrected chi connectivity index (χ0v) is 22.5. The van der Waals surface area contributed by atoms with E-state index in [0.29, 0.717) is 24.5 Å². The van der Waals surface area contributed by atoms with Gasteiger partial charge in [-0.3, -0.25) is 4.79 Å². The summed E-state index contributed by atoms with van der Waals surface area (Å²) < 4.78 is 79.3. The lowest BCUT2D eigenvalue weighted by Crippen LogP contribution is -2.33. The second-order valence-corrected chi connectivity index (χ2v) is 11.9. The van der Waals surface area contributed by atoms with Crippen LogP contribution in [0.25, 0.3) is 10.9 Å². The van der Waals surface area contributed by atoms with Crippen LogP contribution in [0.15, 0.2) is 42.5 Å². The van der Waals surface area contributed by atoms with Gasteiger partial charge in [-0.1, -0.05) is 12.1 Å². The van der Waals surface area contributed by atoms with Gasteiger partial charge in [0.25, 0.3) is 5.91 Å². The Hall–Kier alpha value is -3.57. The van der Waals surface area contributed by atoms with E-state index in [1.165, 1.54) is 0 Å². The van der Waals surface area contributed by atoms with E-state index in [0.717, 1.165) is 48.8 Å². The third-order valence-corrected chi connectivity index (χ3v) is 9.09.